The number of rotatable bonds is 3. The second-order valence-electron chi connectivity index (χ2n) is 4.30. The van der Waals surface area contributed by atoms with Crippen molar-refractivity contribution in [2.45, 2.75) is 6.61 Å². The predicted octanol–water partition coefficient (Wildman–Crippen LogP) is 3.00. The van der Waals surface area contributed by atoms with Gasteiger partial charge in [0.15, 0.2) is 11.6 Å². The molecule has 2 aromatic carbocycles. The Bertz CT molecular complexity index is 753. The number of imidazole rings is 1. The molecule has 0 unspecified atom stereocenters. The smallest absolute Gasteiger partial charge is 0.186 e. The van der Waals surface area contributed by atoms with Crippen LogP contribution in [0.5, 0.6) is 5.75 Å². The second kappa shape index (κ2) is 4.80. The number of fused-ring (bicyclic) bond motifs is 1. The summed E-state index contributed by atoms with van der Waals surface area (Å²) in [4.78, 5) is 6.86. The molecule has 1 aromatic heterocycles. The highest BCUT2D eigenvalue weighted by molar-refractivity contribution is 5.75. The van der Waals surface area contributed by atoms with E-state index >= 15 is 0 Å². The van der Waals surface area contributed by atoms with Gasteiger partial charge in [-0.3, -0.25) is 0 Å². The summed E-state index contributed by atoms with van der Waals surface area (Å²) in [5, 5.41) is 0. The molecule has 0 aliphatic heterocycles. The summed E-state index contributed by atoms with van der Waals surface area (Å²) in [7, 11) is 0. The molecule has 102 valence electrons. The SMILES string of the molecule is Nc1ccc(OCc2nc3c(F)c(F)ccc3[nH]2)cc1. The molecule has 0 radical (unpaired) electrons. The van der Waals surface area contributed by atoms with Crippen molar-refractivity contribution in [3.8, 4) is 5.75 Å². The minimum atomic E-state index is -0.961. The second-order valence-corrected chi connectivity index (χ2v) is 4.30. The summed E-state index contributed by atoms with van der Waals surface area (Å²) in [5.74, 6) is -0.847. The lowest BCUT2D eigenvalue weighted by molar-refractivity contribution is 0.297. The van der Waals surface area contributed by atoms with Crippen molar-refractivity contribution in [3.63, 3.8) is 0 Å². The van der Waals surface area contributed by atoms with Gasteiger partial charge in [0, 0.05) is 5.69 Å². The lowest BCUT2D eigenvalue weighted by Gasteiger charge is -2.03. The zero-order valence-corrected chi connectivity index (χ0v) is 10.4. The number of benzene rings is 2. The van der Waals surface area contributed by atoms with E-state index in [0.717, 1.165) is 6.07 Å². The molecule has 3 N–H and O–H groups in total. The molecule has 0 saturated carbocycles. The number of nitrogens with two attached hydrogens (primary N) is 1. The number of nitrogens with one attached hydrogen (secondary N) is 1. The topological polar surface area (TPSA) is 63.9 Å². The Morgan fingerprint density at radius 1 is 1.10 bits per heavy atom. The highest BCUT2D eigenvalue weighted by atomic mass is 19.2. The first-order valence-corrected chi connectivity index (χ1v) is 5.94. The number of aromatic nitrogens is 2. The average molecular weight is 275 g/mol. The molecule has 20 heavy (non-hydrogen) atoms. The molecule has 0 aliphatic rings. The molecule has 0 saturated heterocycles. The normalized spacial score (nSPS) is 10.9. The number of nitrogens with zero attached hydrogens (tertiary/aromatic N) is 1. The number of halogens is 2. The van der Waals surface area contributed by atoms with E-state index in [1.54, 1.807) is 24.3 Å². The monoisotopic (exact) mass is 275 g/mol. The van der Waals surface area contributed by atoms with E-state index < -0.39 is 11.6 Å². The van der Waals surface area contributed by atoms with E-state index in [2.05, 4.69) is 9.97 Å². The van der Waals surface area contributed by atoms with Gasteiger partial charge in [-0.05, 0) is 36.4 Å². The van der Waals surface area contributed by atoms with Crippen LogP contribution in [0.15, 0.2) is 36.4 Å². The number of aromatic amines is 1. The van der Waals surface area contributed by atoms with Crippen LogP contribution in [0, 0.1) is 11.6 Å². The summed E-state index contributed by atoms with van der Waals surface area (Å²) >= 11 is 0. The van der Waals surface area contributed by atoms with Gasteiger partial charge in [0.2, 0.25) is 0 Å². The van der Waals surface area contributed by atoms with Crippen LogP contribution in [0.3, 0.4) is 0 Å². The number of ether oxygens (including phenoxy) is 1. The van der Waals surface area contributed by atoms with Gasteiger partial charge in [-0.1, -0.05) is 0 Å². The molecule has 0 aliphatic carbocycles. The molecular weight excluding hydrogens is 264 g/mol. The van der Waals surface area contributed by atoms with Crippen LogP contribution in [0.2, 0.25) is 0 Å². The highest BCUT2D eigenvalue weighted by Crippen LogP contribution is 2.19. The molecule has 0 spiro atoms. The fraction of sp³-hybridized carbons (Fsp3) is 0.0714. The molecule has 4 nitrogen and oxygen atoms in total. The summed E-state index contributed by atoms with van der Waals surface area (Å²) in [6.45, 7) is 0.125. The molecular formula is C14H11F2N3O. The van der Waals surface area contributed by atoms with E-state index in [9.17, 15) is 8.78 Å². The minimum absolute atomic E-state index is 0.0269. The third kappa shape index (κ3) is 2.27. The Morgan fingerprint density at radius 2 is 1.85 bits per heavy atom. The van der Waals surface area contributed by atoms with E-state index in [1.807, 2.05) is 0 Å². The zero-order valence-electron chi connectivity index (χ0n) is 10.4. The van der Waals surface area contributed by atoms with Crippen LogP contribution in [-0.2, 0) is 6.61 Å². The predicted molar refractivity (Wildman–Crippen MR) is 71.2 cm³/mol. The van der Waals surface area contributed by atoms with Gasteiger partial charge in [-0.25, -0.2) is 13.8 Å². The molecule has 1 heterocycles. The van der Waals surface area contributed by atoms with Crippen LogP contribution >= 0.6 is 0 Å². The summed E-state index contributed by atoms with van der Waals surface area (Å²) < 4.78 is 32.1. The molecule has 0 bridgehead atoms. The number of H-pyrrole nitrogens is 1. The fourth-order valence-electron chi connectivity index (χ4n) is 1.85. The molecule has 6 heteroatoms. The van der Waals surface area contributed by atoms with Crippen molar-refractivity contribution < 1.29 is 13.5 Å². The van der Waals surface area contributed by atoms with Gasteiger partial charge in [0.05, 0.1) is 5.52 Å². The summed E-state index contributed by atoms with van der Waals surface area (Å²) in [5.41, 5.74) is 6.61. The van der Waals surface area contributed by atoms with Crippen molar-refractivity contribution in [1.82, 2.24) is 9.97 Å². The number of hydrogen-bond donors (Lipinski definition) is 2. The van der Waals surface area contributed by atoms with Crippen LogP contribution in [0.1, 0.15) is 5.82 Å². The van der Waals surface area contributed by atoms with Crippen molar-refractivity contribution in [2.75, 3.05) is 5.73 Å². The Labute approximate surface area is 113 Å². The van der Waals surface area contributed by atoms with Gasteiger partial charge in [0.25, 0.3) is 0 Å². The van der Waals surface area contributed by atoms with Crippen molar-refractivity contribution >= 4 is 16.7 Å². The molecule has 0 amide bonds. The van der Waals surface area contributed by atoms with Crippen molar-refractivity contribution in [3.05, 3.63) is 53.9 Å². The van der Waals surface area contributed by atoms with E-state index in [-0.39, 0.29) is 12.1 Å². The van der Waals surface area contributed by atoms with Crippen LogP contribution in [0.25, 0.3) is 11.0 Å². The van der Waals surface area contributed by atoms with E-state index in [1.165, 1.54) is 6.07 Å². The Hall–Kier alpha value is -2.63. The first-order chi connectivity index (χ1) is 9.63. The summed E-state index contributed by atoms with van der Waals surface area (Å²) in [6, 6.07) is 9.36. The van der Waals surface area contributed by atoms with Crippen molar-refractivity contribution in [2.24, 2.45) is 0 Å². The first-order valence-electron chi connectivity index (χ1n) is 5.94. The Balaban J connectivity index is 1.81. The Kier molecular flexibility index (Phi) is 2.98. The number of hydrogen-bond acceptors (Lipinski definition) is 3. The van der Waals surface area contributed by atoms with Gasteiger partial charge in [-0.15, -0.1) is 0 Å². The third-order valence-electron chi connectivity index (χ3n) is 2.85. The van der Waals surface area contributed by atoms with Gasteiger partial charge in [-0.2, -0.15) is 0 Å². The maximum absolute atomic E-state index is 13.5. The molecule has 0 fully saturated rings. The maximum atomic E-state index is 13.5. The average Bonchev–Trinajstić information content (AvgIpc) is 2.86. The quantitative estimate of drug-likeness (QED) is 0.722. The number of nitrogen functional groups attached to an aromatic ring is 1. The maximum Gasteiger partial charge on any atom is 0.186 e. The molecule has 0 atom stereocenters. The Morgan fingerprint density at radius 3 is 2.60 bits per heavy atom. The van der Waals surface area contributed by atoms with E-state index in [4.69, 9.17) is 10.5 Å². The molecule has 3 rings (SSSR count). The lowest BCUT2D eigenvalue weighted by atomic mass is 10.3. The zero-order chi connectivity index (χ0) is 14.1. The first kappa shape index (κ1) is 12.4. The van der Waals surface area contributed by atoms with Gasteiger partial charge >= 0.3 is 0 Å². The number of anilines is 1. The minimum Gasteiger partial charge on any atom is -0.486 e. The van der Waals surface area contributed by atoms with Crippen LogP contribution < -0.4 is 10.5 Å². The van der Waals surface area contributed by atoms with Crippen LogP contribution in [-0.4, -0.2) is 9.97 Å². The van der Waals surface area contributed by atoms with E-state index in [0.29, 0.717) is 22.8 Å². The third-order valence-corrected chi connectivity index (χ3v) is 2.85. The molecule has 3 aromatic rings. The standard InChI is InChI=1S/C14H11F2N3O/c15-10-5-6-11-14(13(10)16)19-12(18-11)7-20-9-3-1-8(17)2-4-9/h1-6H,7,17H2,(H,18,19). The van der Waals surface area contributed by atoms with Gasteiger partial charge < -0.3 is 15.5 Å². The fourth-order valence-corrected chi connectivity index (χ4v) is 1.85. The van der Waals surface area contributed by atoms with Crippen LogP contribution in [0.4, 0.5) is 14.5 Å². The lowest BCUT2D eigenvalue weighted by Crippen LogP contribution is -1.97. The van der Waals surface area contributed by atoms with Crippen molar-refractivity contribution in [1.29, 1.82) is 0 Å². The highest BCUT2D eigenvalue weighted by Gasteiger charge is 2.12. The summed E-state index contributed by atoms with van der Waals surface area (Å²) in [6.07, 6.45) is 0. The van der Waals surface area contributed by atoms with Gasteiger partial charge in [0.1, 0.15) is 23.7 Å². The largest absolute Gasteiger partial charge is 0.486 e.